The Kier molecular flexibility index (Phi) is 3.20. The lowest BCUT2D eigenvalue weighted by Gasteiger charge is -2.09. The first kappa shape index (κ1) is 11.7. The summed E-state index contributed by atoms with van der Waals surface area (Å²) in [6.07, 6.45) is 0. The number of benzene rings is 2. The van der Waals surface area contributed by atoms with Crippen LogP contribution in [0.2, 0.25) is 0 Å². The number of halogens is 2. The molecule has 0 heterocycles. The maximum atomic E-state index is 13.6. The summed E-state index contributed by atoms with van der Waals surface area (Å²) in [7, 11) is 0. The number of rotatable bonds is 2. The zero-order valence-electron chi connectivity index (χ0n) is 9.45. The molecule has 0 spiro atoms. The maximum Gasteiger partial charge on any atom is 0.131 e. The quantitative estimate of drug-likeness (QED) is 0.841. The van der Waals surface area contributed by atoms with Crippen LogP contribution in [-0.4, -0.2) is 0 Å². The van der Waals surface area contributed by atoms with Crippen LogP contribution in [0.3, 0.4) is 0 Å². The molecule has 0 saturated carbocycles. The van der Waals surface area contributed by atoms with Crippen molar-refractivity contribution in [3.63, 3.8) is 0 Å². The fourth-order valence-electron chi connectivity index (χ4n) is 1.71. The first-order valence-corrected chi connectivity index (χ1v) is 5.39. The first-order chi connectivity index (χ1) is 8.08. The van der Waals surface area contributed by atoms with E-state index >= 15 is 0 Å². The van der Waals surface area contributed by atoms with Crippen LogP contribution in [0.4, 0.5) is 8.78 Å². The fourth-order valence-corrected chi connectivity index (χ4v) is 1.71. The van der Waals surface area contributed by atoms with Gasteiger partial charge in [0, 0.05) is 11.6 Å². The molecule has 2 aromatic carbocycles. The number of hydrogen-bond donors (Lipinski definition) is 1. The lowest BCUT2D eigenvalue weighted by atomic mass is 10.00. The Hall–Kier alpha value is -1.74. The van der Waals surface area contributed by atoms with E-state index in [1.807, 2.05) is 13.0 Å². The summed E-state index contributed by atoms with van der Waals surface area (Å²) in [4.78, 5) is 0. The third kappa shape index (κ3) is 2.50. The molecule has 2 rings (SSSR count). The highest BCUT2D eigenvalue weighted by molar-refractivity contribution is 5.65. The molecule has 2 aromatic rings. The molecule has 3 heteroatoms. The molecule has 0 radical (unpaired) electrons. The summed E-state index contributed by atoms with van der Waals surface area (Å²) >= 11 is 0. The van der Waals surface area contributed by atoms with Gasteiger partial charge in [-0.25, -0.2) is 8.78 Å². The first-order valence-electron chi connectivity index (χ1n) is 5.39. The predicted octanol–water partition coefficient (Wildman–Crippen LogP) is 3.65. The van der Waals surface area contributed by atoms with Crippen molar-refractivity contribution in [3.8, 4) is 11.1 Å². The second-order valence-electron chi connectivity index (χ2n) is 4.04. The summed E-state index contributed by atoms with van der Waals surface area (Å²) < 4.78 is 26.7. The second kappa shape index (κ2) is 4.63. The summed E-state index contributed by atoms with van der Waals surface area (Å²) in [6, 6.07) is 10.5. The highest BCUT2D eigenvalue weighted by atomic mass is 19.1. The van der Waals surface area contributed by atoms with Crippen molar-refractivity contribution in [1.29, 1.82) is 0 Å². The summed E-state index contributed by atoms with van der Waals surface area (Å²) in [5.74, 6) is -0.888. The van der Waals surface area contributed by atoms with Crippen molar-refractivity contribution in [2.24, 2.45) is 5.73 Å². The van der Waals surface area contributed by atoms with E-state index in [0.29, 0.717) is 5.56 Å². The molecule has 0 bridgehead atoms. The lowest BCUT2D eigenvalue weighted by Crippen LogP contribution is -2.04. The van der Waals surface area contributed by atoms with E-state index in [2.05, 4.69) is 0 Å². The number of nitrogens with two attached hydrogens (primary N) is 1. The van der Waals surface area contributed by atoms with Crippen molar-refractivity contribution in [1.82, 2.24) is 0 Å². The number of hydrogen-bond acceptors (Lipinski definition) is 1. The van der Waals surface area contributed by atoms with Crippen LogP contribution in [0.25, 0.3) is 11.1 Å². The van der Waals surface area contributed by atoms with Crippen molar-refractivity contribution in [2.75, 3.05) is 0 Å². The Morgan fingerprint density at radius 1 is 1.06 bits per heavy atom. The maximum absolute atomic E-state index is 13.6. The van der Waals surface area contributed by atoms with Crippen LogP contribution < -0.4 is 5.73 Å². The van der Waals surface area contributed by atoms with Gasteiger partial charge in [0.15, 0.2) is 0 Å². The van der Waals surface area contributed by atoms with Gasteiger partial charge in [-0.05, 0) is 42.3 Å². The van der Waals surface area contributed by atoms with E-state index < -0.39 is 11.6 Å². The third-order valence-electron chi connectivity index (χ3n) is 2.65. The molecule has 0 saturated heterocycles. The smallest absolute Gasteiger partial charge is 0.131 e. The Balaban J connectivity index is 2.52. The van der Waals surface area contributed by atoms with Gasteiger partial charge in [0.25, 0.3) is 0 Å². The average molecular weight is 233 g/mol. The molecule has 0 aliphatic heterocycles. The monoisotopic (exact) mass is 233 g/mol. The van der Waals surface area contributed by atoms with Gasteiger partial charge in [-0.15, -0.1) is 0 Å². The third-order valence-corrected chi connectivity index (χ3v) is 2.65. The largest absolute Gasteiger partial charge is 0.324 e. The highest BCUT2D eigenvalue weighted by Gasteiger charge is 2.08. The normalized spacial score (nSPS) is 12.5. The van der Waals surface area contributed by atoms with Gasteiger partial charge in [0.1, 0.15) is 11.6 Å². The molecule has 0 fully saturated rings. The van der Waals surface area contributed by atoms with Gasteiger partial charge in [-0.3, -0.25) is 0 Å². The molecule has 0 amide bonds. The van der Waals surface area contributed by atoms with Gasteiger partial charge < -0.3 is 5.73 Å². The van der Waals surface area contributed by atoms with Crippen molar-refractivity contribution in [2.45, 2.75) is 13.0 Å². The minimum atomic E-state index is -0.451. The molecule has 1 unspecified atom stereocenters. The molecule has 1 atom stereocenters. The Labute approximate surface area is 98.9 Å². The van der Waals surface area contributed by atoms with E-state index in [1.54, 1.807) is 18.2 Å². The Bertz CT molecular complexity index is 535. The van der Waals surface area contributed by atoms with E-state index in [9.17, 15) is 8.78 Å². The topological polar surface area (TPSA) is 26.0 Å². The summed E-state index contributed by atoms with van der Waals surface area (Å²) in [5.41, 5.74) is 7.55. The van der Waals surface area contributed by atoms with Crippen molar-refractivity contribution >= 4 is 0 Å². The van der Waals surface area contributed by atoms with E-state index in [-0.39, 0.29) is 11.6 Å². The zero-order valence-corrected chi connectivity index (χ0v) is 9.45. The summed E-state index contributed by atoms with van der Waals surface area (Å²) in [5, 5.41) is 0. The van der Waals surface area contributed by atoms with Crippen molar-refractivity contribution in [3.05, 3.63) is 59.7 Å². The standard InChI is InChI=1S/C14H13F2N/c1-9(17)10-3-2-4-11(7-10)13-8-12(15)5-6-14(13)16/h2-9H,17H2,1H3. The van der Waals surface area contributed by atoms with Crippen LogP contribution in [0.1, 0.15) is 18.5 Å². The zero-order chi connectivity index (χ0) is 12.4. The molecule has 0 aliphatic carbocycles. The van der Waals surface area contributed by atoms with Crippen LogP contribution >= 0.6 is 0 Å². The average Bonchev–Trinajstić information content (AvgIpc) is 2.32. The van der Waals surface area contributed by atoms with Gasteiger partial charge >= 0.3 is 0 Å². The Morgan fingerprint density at radius 2 is 1.82 bits per heavy atom. The second-order valence-corrected chi connectivity index (χ2v) is 4.04. The molecule has 2 N–H and O–H groups in total. The molecular weight excluding hydrogens is 220 g/mol. The predicted molar refractivity (Wildman–Crippen MR) is 64.4 cm³/mol. The van der Waals surface area contributed by atoms with Crippen LogP contribution in [0.15, 0.2) is 42.5 Å². The minimum absolute atomic E-state index is 0.133. The van der Waals surface area contributed by atoms with E-state index in [0.717, 1.165) is 17.7 Å². The van der Waals surface area contributed by atoms with Crippen LogP contribution in [0, 0.1) is 11.6 Å². The van der Waals surface area contributed by atoms with Crippen LogP contribution in [-0.2, 0) is 0 Å². The lowest BCUT2D eigenvalue weighted by molar-refractivity contribution is 0.603. The Morgan fingerprint density at radius 3 is 2.53 bits per heavy atom. The molecular formula is C14H13F2N. The molecule has 0 aliphatic rings. The van der Waals surface area contributed by atoms with E-state index in [4.69, 9.17) is 5.73 Å². The molecule has 88 valence electrons. The van der Waals surface area contributed by atoms with E-state index in [1.165, 1.54) is 6.07 Å². The minimum Gasteiger partial charge on any atom is -0.324 e. The van der Waals surface area contributed by atoms with Crippen LogP contribution in [0.5, 0.6) is 0 Å². The summed E-state index contributed by atoms with van der Waals surface area (Å²) in [6.45, 7) is 1.85. The molecule has 17 heavy (non-hydrogen) atoms. The van der Waals surface area contributed by atoms with Crippen molar-refractivity contribution < 1.29 is 8.78 Å². The fraction of sp³-hybridized carbons (Fsp3) is 0.143. The highest BCUT2D eigenvalue weighted by Crippen LogP contribution is 2.25. The molecule has 1 nitrogen and oxygen atoms in total. The molecule has 0 aromatic heterocycles. The SMILES string of the molecule is CC(N)c1cccc(-c2cc(F)ccc2F)c1. The van der Waals surface area contributed by atoms with Gasteiger partial charge in [-0.2, -0.15) is 0 Å². The van der Waals surface area contributed by atoms with Gasteiger partial charge in [0.05, 0.1) is 0 Å². The van der Waals surface area contributed by atoms with Gasteiger partial charge in [0.2, 0.25) is 0 Å². The van der Waals surface area contributed by atoms with Gasteiger partial charge in [-0.1, -0.05) is 18.2 Å².